The Morgan fingerprint density at radius 2 is 2.07 bits per heavy atom. The number of rotatable bonds is 4. The van der Waals surface area contributed by atoms with Gasteiger partial charge in [0.05, 0.1) is 19.3 Å². The lowest BCUT2D eigenvalue weighted by Gasteiger charge is -2.37. The van der Waals surface area contributed by atoms with Gasteiger partial charge in [0.15, 0.2) is 0 Å². The molecule has 0 radical (unpaired) electrons. The van der Waals surface area contributed by atoms with Crippen molar-refractivity contribution in [2.45, 2.75) is 52.2 Å². The minimum Gasteiger partial charge on any atom is -0.375 e. The van der Waals surface area contributed by atoms with E-state index in [1.54, 1.807) is 0 Å². The average molecular weight is 212 g/mol. The van der Waals surface area contributed by atoms with Crippen LogP contribution in [0.3, 0.4) is 0 Å². The van der Waals surface area contributed by atoms with E-state index in [0.29, 0.717) is 12.2 Å². The molecule has 1 aliphatic carbocycles. The van der Waals surface area contributed by atoms with Gasteiger partial charge in [-0.15, -0.1) is 0 Å². The van der Waals surface area contributed by atoms with E-state index in [9.17, 15) is 0 Å². The van der Waals surface area contributed by atoms with Crippen LogP contribution in [0.5, 0.6) is 0 Å². The molecule has 2 nitrogen and oxygen atoms in total. The molecule has 1 saturated heterocycles. The molecule has 0 aromatic heterocycles. The van der Waals surface area contributed by atoms with E-state index in [0.717, 1.165) is 31.0 Å². The lowest BCUT2D eigenvalue weighted by Crippen LogP contribution is -2.35. The van der Waals surface area contributed by atoms with Crippen molar-refractivity contribution in [2.24, 2.45) is 17.8 Å². The standard InChI is InChI=1S/C13H24O2/c1-9(2)12-5-4-10(3)6-13(12)15-8-11-7-14-11/h9-13H,4-8H2,1-3H3. The van der Waals surface area contributed by atoms with Crippen molar-refractivity contribution in [3.63, 3.8) is 0 Å². The predicted molar refractivity (Wildman–Crippen MR) is 60.8 cm³/mol. The first-order valence-electron chi connectivity index (χ1n) is 6.40. The summed E-state index contributed by atoms with van der Waals surface area (Å²) in [5, 5.41) is 0. The van der Waals surface area contributed by atoms with Crippen molar-refractivity contribution < 1.29 is 9.47 Å². The number of hydrogen-bond acceptors (Lipinski definition) is 2. The molecule has 1 heterocycles. The average Bonchev–Trinajstić information content (AvgIpc) is 2.97. The minimum atomic E-state index is 0.412. The second-order valence-electron chi connectivity index (χ2n) is 5.65. The van der Waals surface area contributed by atoms with Crippen LogP contribution in [0.1, 0.15) is 40.0 Å². The van der Waals surface area contributed by atoms with Crippen LogP contribution >= 0.6 is 0 Å². The molecule has 0 aromatic carbocycles. The van der Waals surface area contributed by atoms with Crippen LogP contribution in [0.4, 0.5) is 0 Å². The first-order chi connectivity index (χ1) is 7.16. The lowest BCUT2D eigenvalue weighted by molar-refractivity contribution is -0.0430. The number of hydrogen-bond donors (Lipinski definition) is 0. The van der Waals surface area contributed by atoms with E-state index in [4.69, 9.17) is 9.47 Å². The van der Waals surface area contributed by atoms with Gasteiger partial charge in [0, 0.05) is 0 Å². The van der Waals surface area contributed by atoms with Crippen molar-refractivity contribution in [1.82, 2.24) is 0 Å². The van der Waals surface area contributed by atoms with Crippen LogP contribution < -0.4 is 0 Å². The second kappa shape index (κ2) is 4.84. The highest BCUT2D eigenvalue weighted by Gasteiger charge is 2.33. The Morgan fingerprint density at radius 3 is 2.67 bits per heavy atom. The van der Waals surface area contributed by atoms with Crippen molar-refractivity contribution in [1.29, 1.82) is 0 Å². The normalized spacial score (nSPS) is 40.8. The Hall–Kier alpha value is -0.0800. The second-order valence-corrected chi connectivity index (χ2v) is 5.65. The topological polar surface area (TPSA) is 21.8 Å². The Balaban J connectivity index is 1.83. The highest BCUT2D eigenvalue weighted by atomic mass is 16.6. The van der Waals surface area contributed by atoms with Gasteiger partial charge in [-0.3, -0.25) is 0 Å². The molecule has 15 heavy (non-hydrogen) atoms. The van der Waals surface area contributed by atoms with Crippen LogP contribution in [0, 0.1) is 17.8 Å². The van der Waals surface area contributed by atoms with Crippen LogP contribution in [-0.2, 0) is 9.47 Å². The molecule has 0 spiro atoms. The Bertz CT molecular complexity index is 199. The third kappa shape index (κ3) is 3.18. The summed E-state index contributed by atoms with van der Waals surface area (Å²) in [6, 6.07) is 0. The zero-order chi connectivity index (χ0) is 10.8. The molecule has 2 rings (SSSR count). The van der Waals surface area contributed by atoms with Crippen molar-refractivity contribution in [3.8, 4) is 0 Å². The quantitative estimate of drug-likeness (QED) is 0.668. The molecular formula is C13H24O2. The van der Waals surface area contributed by atoms with Gasteiger partial charge in [-0.25, -0.2) is 0 Å². The monoisotopic (exact) mass is 212 g/mol. The molecule has 1 saturated carbocycles. The first-order valence-corrected chi connectivity index (χ1v) is 6.40. The smallest absolute Gasteiger partial charge is 0.104 e. The van der Waals surface area contributed by atoms with Crippen molar-refractivity contribution >= 4 is 0 Å². The minimum absolute atomic E-state index is 0.412. The van der Waals surface area contributed by atoms with E-state index in [1.165, 1.54) is 19.3 Å². The summed E-state index contributed by atoms with van der Waals surface area (Å²) in [5.74, 6) is 2.35. The Kier molecular flexibility index (Phi) is 3.68. The molecule has 0 amide bonds. The Morgan fingerprint density at radius 1 is 1.33 bits per heavy atom. The van der Waals surface area contributed by atoms with Crippen molar-refractivity contribution in [3.05, 3.63) is 0 Å². The number of ether oxygens (including phenoxy) is 2. The van der Waals surface area contributed by atoms with E-state index in [-0.39, 0.29) is 0 Å². The maximum absolute atomic E-state index is 6.03. The summed E-state index contributed by atoms with van der Waals surface area (Å²) in [4.78, 5) is 0. The molecule has 4 atom stereocenters. The van der Waals surface area contributed by atoms with Gasteiger partial charge in [-0.2, -0.15) is 0 Å². The summed E-state index contributed by atoms with van der Waals surface area (Å²) in [6.45, 7) is 8.73. The molecular weight excluding hydrogens is 188 g/mol. The zero-order valence-corrected chi connectivity index (χ0v) is 10.2. The third-order valence-electron chi connectivity index (χ3n) is 3.86. The summed E-state index contributed by atoms with van der Waals surface area (Å²) in [5.41, 5.74) is 0. The van der Waals surface area contributed by atoms with E-state index >= 15 is 0 Å². The first kappa shape index (κ1) is 11.4. The highest BCUT2D eigenvalue weighted by Crippen LogP contribution is 2.35. The Labute approximate surface area is 93.3 Å². The molecule has 2 heteroatoms. The van der Waals surface area contributed by atoms with Gasteiger partial charge < -0.3 is 9.47 Å². The molecule has 88 valence electrons. The molecule has 0 bridgehead atoms. The van der Waals surface area contributed by atoms with Crippen LogP contribution in [0.25, 0.3) is 0 Å². The van der Waals surface area contributed by atoms with Crippen LogP contribution in [0.15, 0.2) is 0 Å². The lowest BCUT2D eigenvalue weighted by atomic mass is 9.75. The molecule has 0 N–H and O–H groups in total. The van der Waals surface area contributed by atoms with Gasteiger partial charge in [0.1, 0.15) is 6.10 Å². The number of epoxide rings is 1. The van der Waals surface area contributed by atoms with Gasteiger partial charge >= 0.3 is 0 Å². The van der Waals surface area contributed by atoms with E-state index in [2.05, 4.69) is 20.8 Å². The maximum Gasteiger partial charge on any atom is 0.104 e. The molecule has 4 unspecified atom stereocenters. The fraction of sp³-hybridized carbons (Fsp3) is 1.00. The summed E-state index contributed by atoms with van der Waals surface area (Å²) in [6.07, 6.45) is 4.86. The van der Waals surface area contributed by atoms with E-state index in [1.807, 2.05) is 0 Å². The summed E-state index contributed by atoms with van der Waals surface area (Å²) in [7, 11) is 0. The molecule has 2 fully saturated rings. The fourth-order valence-corrected chi connectivity index (χ4v) is 2.70. The zero-order valence-electron chi connectivity index (χ0n) is 10.2. The van der Waals surface area contributed by atoms with Gasteiger partial charge in [-0.05, 0) is 30.6 Å². The molecule has 0 aromatic rings. The SMILES string of the molecule is CC1CCC(C(C)C)C(OCC2CO2)C1. The third-order valence-corrected chi connectivity index (χ3v) is 3.86. The van der Waals surface area contributed by atoms with Crippen LogP contribution in [0.2, 0.25) is 0 Å². The summed E-state index contributed by atoms with van der Waals surface area (Å²) >= 11 is 0. The van der Waals surface area contributed by atoms with Gasteiger partial charge in [0.2, 0.25) is 0 Å². The molecule has 2 aliphatic rings. The van der Waals surface area contributed by atoms with E-state index < -0.39 is 0 Å². The predicted octanol–water partition coefficient (Wildman–Crippen LogP) is 2.86. The van der Waals surface area contributed by atoms with Gasteiger partial charge in [-0.1, -0.05) is 27.2 Å². The van der Waals surface area contributed by atoms with Crippen LogP contribution in [-0.4, -0.2) is 25.4 Å². The van der Waals surface area contributed by atoms with Crippen molar-refractivity contribution in [2.75, 3.05) is 13.2 Å². The van der Waals surface area contributed by atoms with Gasteiger partial charge in [0.25, 0.3) is 0 Å². The summed E-state index contributed by atoms with van der Waals surface area (Å²) < 4.78 is 11.2. The largest absolute Gasteiger partial charge is 0.375 e. The molecule has 1 aliphatic heterocycles. The maximum atomic E-state index is 6.03. The fourth-order valence-electron chi connectivity index (χ4n) is 2.70. The highest BCUT2D eigenvalue weighted by molar-refractivity contribution is 4.82.